The van der Waals surface area contributed by atoms with Crippen molar-refractivity contribution in [3.63, 3.8) is 0 Å². The number of carbonyl (C=O) groups is 1. The molecule has 0 radical (unpaired) electrons. The van der Waals surface area contributed by atoms with Crippen LogP contribution >= 0.6 is 34.8 Å². The standard InChI is InChI=1S/C19H17Cl3N2O3/c1-23-19(25)18(24-26-2)14-8-4-3-6-13(14)11-27-15-9-5-7-12(17(15)22)10-16(20)21/h3-10H,11H2,1-2H3,(H,23,25). The van der Waals surface area contributed by atoms with Crippen LogP contribution in [0.4, 0.5) is 0 Å². The molecule has 0 atom stereocenters. The number of nitrogens with zero attached hydrogens (tertiary/aromatic N) is 1. The molecule has 8 heteroatoms. The highest BCUT2D eigenvalue weighted by Crippen LogP contribution is 2.31. The predicted molar refractivity (Wildman–Crippen MR) is 110 cm³/mol. The van der Waals surface area contributed by atoms with Gasteiger partial charge in [0.25, 0.3) is 5.91 Å². The molecule has 0 spiro atoms. The van der Waals surface area contributed by atoms with Gasteiger partial charge in [0.2, 0.25) is 0 Å². The lowest BCUT2D eigenvalue weighted by molar-refractivity contribution is -0.114. The van der Waals surface area contributed by atoms with Gasteiger partial charge in [-0.2, -0.15) is 0 Å². The van der Waals surface area contributed by atoms with Crippen LogP contribution in [0.1, 0.15) is 16.7 Å². The minimum Gasteiger partial charge on any atom is -0.487 e. The molecule has 2 aromatic carbocycles. The number of amides is 1. The SMILES string of the molecule is CNC(=O)C(=NOC)c1ccccc1COc1cccc(C=C(Cl)Cl)c1Cl. The van der Waals surface area contributed by atoms with E-state index in [1.165, 1.54) is 20.2 Å². The Labute approximate surface area is 172 Å². The first kappa shape index (κ1) is 21.1. The number of rotatable bonds is 7. The number of oxime groups is 1. The first-order valence-corrected chi connectivity index (χ1v) is 8.96. The zero-order valence-corrected chi connectivity index (χ0v) is 16.9. The van der Waals surface area contributed by atoms with Gasteiger partial charge in [-0.25, -0.2) is 0 Å². The molecule has 1 amide bonds. The van der Waals surface area contributed by atoms with Crippen molar-refractivity contribution < 1.29 is 14.4 Å². The third-order valence-corrected chi connectivity index (χ3v) is 4.16. The summed E-state index contributed by atoms with van der Waals surface area (Å²) < 4.78 is 5.94. The zero-order chi connectivity index (χ0) is 19.8. The summed E-state index contributed by atoms with van der Waals surface area (Å²) in [4.78, 5) is 16.9. The van der Waals surface area contributed by atoms with Crippen molar-refractivity contribution >= 4 is 52.5 Å². The van der Waals surface area contributed by atoms with E-state index in [4.69, 9.17) is 44.4 Å². The van der Waals surface area contributed by atoms with E-state index in [1.807, 2.05) is 12.1 Å². The topological polar surface area (TPSA) is 59.9 Å². The van der Waals surface area contributed by atoms with Gasteiger partial charge in [0.1, 0.15) is 24.0 Å². The molecule has 0 saturated carbocycles. The number of hydrogen-bond acceptors (Lipinski definition) is 4. The lowest BCUT2D eigenvalue weighted by Crippen LogP contribution is -2.29. The highest BCUT2D eigenvalue weighted by atomic mass is 35.5. The van der Waals surface area contributed by atoms with Crippen LogP contribution in [-0.4, -0.2) is 25.8 Å². The monoisotopic (exact) mass is 426 g/mol. The Bertz CT molecular complexity index is 878. The van der Waals surface area contributed by atoms with E-state index in [0.29, 0.717) is 21.9 Å². The number of halogens is 3. The highest BCUT2D eigenvalue weighted by molar-refractivity contribution is 6.57. The molecule has 0 aliphatic heterocycles. The molecule has 2 rings (SSSR count). The normalized spacial score (nSPS) is 10.9. The fourth-order valence-electron chi connectivity index (χ4n) is 2.32. The molecule has 0 aliphatic carbocycles. The van der Waals surface area contributed by atoms with Crippen LogP contribution in [-0.2, 0) is 16.2 Å². The van der Waals surface area contributed by atoms with Crippen molar-refractivity contribution in [1.29, 1.82) is 0 Å². The first-order chi connectivity index (χ1) is 13.0. The molecule has 1 N–H and O–H groups in total. The van der Waals surface area contributed by atoms with Gasteiger partial charge in [0.05, 0.1) is 5.02 Å². The van der Waals surface area contributed by atoms with Crippen LogP contribution in [0.15, 0.2) is 52.1 Å². The van der Waals surface area contributed by atoms with Crippen molar-refractivity contribution in [2.45, 2.75) is 6.61 Å². The highest BCUT2D eigenvalue weighted by Gasteiger charge is 2.18. The molecular formula is C19H17Cl3N2O3. The summed E-state index contributed by atoms with van der Waals surface area (Å²) >= 11 is 17.8. The molecule has 0 saturated heterocycles. The summed E-state index contributed by atoms with van der Waals surface area (Å²) in [6, 6.07) is 12.5. The van der Waals surface area contributed by atoms with Gasteiger partial charge >= 0.3 is 0 Å². The second-order valence-corrected chi connectivity index (χ2v) is 6.63. The van der Waals surface area contributed by atoms with Crippen LogP contribution < -0.4 is 10.1 Å². The summed E-state index contributed by atoms with van der Waals surface area (Å²) in [6.45, 7) is 0.164. The maximum Gasteiger partial charge on any atom is 0.273 e. The van der Waals surface area contributed by atoms with Crippen LogP contribution in [0.3, 0.4) is 0 Å². The molecule has 0 aromatic heterocycles. The molecule has 0 heterocycles. The number of carbonyl (C=O) groups excluding carboxylic acids is 1. The van der Waals surface area contributed by atoms with E-state index in [2.05, 4.69) is 10.5 Å². The van der Waals surface area contributed by atoms with Crippen LogP contribution in [0.5, 0.6) is 5.75 Å². The predicted octanol–water partition coefficient (Wildman–Crippen LogP) is 4.79. The molecule has 142 valence electrons. The first-order valence-electron chi connectivity index (χ1n) is 7.83. The Balaban J connectivity index is 2.32. The number of nitrogens with one attached hydrogen (secondary N) is 1. The van der Waals surface area contributed by atoms with E-state index >= 15 is 0 Å². The van der Waals surface area contributed by atoms with Gasteiger partial charge in [0, 0.05) is 12.6 Å². The van der Waals surface area contributed by atoms with Gasteiger partial charge in [-0.05, 0) is 23.3 Å². The average molecular weight is 428 g/mol. The van der Waals surface area contributed by atoms with E-state index in [1.54, 1.807) is 30.3 Å². The van der Waals surface area contributed by atoms with Crippen molar-refractivity contribution in [2.75, 3.05) is 14.2 Å². The molecule has 27 heavy (non-hydrogen) atoms. The van der Waals surface area contributed by atoms with Crippen LogP contribution in [0.2, 0.25) is 5.02 Å². The molecule has 0 bridgehead atoms. The largest absolute Gasteiger partial charge is 0.487 e. The zero-order valence-electron chi connectivity index (χ0n) is 14.6. The number of ether oxygens (including phenoxy) is 1. The fourth-order valence-corrected chi connectivity index (χ4v) is 2.79. The second kappa shape index (κ2) is 10.2. The van der Waals surface area contributed by atoms with Crippen molar-refractivity contribution in [3.8, 4) is 5.75 Å². The van der Waals surface area contributed by atoms with Crippen molar-refractivity contribution in [2.24, 2.45) is 5.16 Å². The molecule has 0 aliphatic rings. The summed E-state index contributed by atoms with van der Waals surface area (Å²) in [5, 5.41) is 6.75. The summed E-state index contributed by atoms with van der Waals surface area (Å²) in [7, 11) is 2.90. The van der Waals surface area contributed by atoms with Gasteiger partial charge in [0.15, 0.2) is 5.71 Å². The quantitative estimate of drug-likeness (QED) is 0.510. The van der Waals surface area contributed by atoms with E-state index in [0.717, 1.165) is 5.56 Å². The Morgan fingerprint density at radius 2 is 1.93 bits per heavy atom. The van der Waals surface area contributed by atoms with Gasteiger partial charge in [-0.15, -0.1) is 0 Å². The summed E-state index contributed by atoms with van der Waals surface area (Å²) in [5.41, 5.74) is 2.12. The minimum absolute atomic E-state index is 0.0883. The maximum atomic E-state index is 12.1. The summed E-state index contributed by atoms with van der Waals surface area (Å²) in [5.74, 6) is 0.0891. The lowest BCUT2D eigenvalue weighted by atomic mass is 10.0. The van der Waals surface area contributed by atoms with Crippen molar-refractivity contribution in [3.05, 3.63) is 68.7 Å². The Hall–Kier alpha value is -2.21. The van der Waals surface area contributed by atoms with Gasteiger partial charge in [-0.1, -0.05) is 76.4 Å². The summed E-state index contributed by atoms with van der Waals surface area (Å²) in [6.07, 6.45) is 1.53. The number of benzene rings is 2. The molecule has 0 unspecified atom stereocenters. The number of hydrogen-bond donors (Lipinski definition) is 1. The smallest absolute Gasteiger partial charge is 0.273 e. The average Bonchev–Trinajstić information content (AvgIpc) is 2.66. The third kappa shape index (κ3) is 5.63. The van der Waals surface area contributed by atoms with Gasteiger partial charge in [-0.3, -0.25) is 4.79 Å². The Morgan fingerprint density at radius 1 is 1.19 bits per heavy atom. The molecule has 0 fully saturated rings. The molecular weight excluding hydrogens is 411 g/mol. The minimum atomic E-state index is -0.369. The van der Waals surface area contributed by atoms with Crippen LogP contribution in [0, 0.1) is 0 Å². The Kier molecular flexibility index (Phi) is 7.98. The van der Waals surface area contributed by atoms with E-state index < -0.39 is 0 Å². The fraction of sp³-hybridized carbons (Fsp3) is 0.158. The van der Waals surface area contributed by atoms with E-state index in [9.17, 15) is 4.79 Å². The van der Waals surface area contributed by atoms with Gasteiger partial charge < -0.3 is 14.9 Å². The maximum absolute atomic E-state index is 12.1. The lowest BCUT2D eigenvalue weighted by Gasteiger charge is -2.13. The third-order valence-electron chi connectivity index (χ3n) is 3.54. The second-order valence-electron chi connectivity index (χ2n) is 5.24. The van der Waals surface area contributed by atoms with Crippen molar-refractivity contribution in [1.82, 2.24) is 5.32 Å². The number of likely N-dealkylation sites (N-methyl/N-ethyl adjacent to an activating group) is 1. The van der Waals surface area contributed by atoms with E-state index in [-0.39, 0.29) is 22.7 Å². The molecule has 5 nitrogen and oxygen atoms in total. The Morgan fingerprint density at radius 3 is 2.59 bits per heavy atom. The molecule has 2 aromatic rings. The van der Waals surface area contributed by atoms with Crippen LogP contribution in [0.25, 0.3) is 6.08 Å².